The van der Waals surface area contributed by atoms with Gasteiger partial charge in [-0.3, -0.25) is 4.90 Å². The molecule has 0 fully saturated rings. The number of likely N-dealkylation sites (N-methyl/N-ethyl adjacent to an activating group) is 1. The molecule has 144 valence electrons. The average molecular weight is 370 g/mol. The smallest absolute Gasteiger partial charge is 0.123 e. The molecule has 0 saturated carbocycles. The van der Waals surface area contributed by atoms with Crippen LogP contribution in [0.3, 0.4) is 0 Å². The second-order valence-electron chi connectivity index (χ2n) is 6.57. The Kier molecular flexibility index (Phi) is 6.85. The van der Waals surface area contributed by atoms with E-state index in [1.165, 1.54) is 17.7 Å². The van der Waals surface area contributed by atoms with E-state index in [-0.39, 0.29) is 12.4 Å². The van der Waals surface area contributed by atoms with Gasteiger partial charge in [0.1, 0.15) is 18.2 Å². The van der Waals surface area contributed by atoms with Crippen LogP contribution in [0.4, 0.5) is 15.8 Å². The van der Waals surface area contributed by atoms with Gasteiger partial charge in [-0.1, -0.05) is 19.1 Å². The molecule has 1 heterocycles. The normalized spacial score (nSPS) is 13.6. The van der Waals surface area contributed by atoms with Crippen molar-refractivity contribution in [1.82, 2.24) is 4.90 Å². The Labute approximate surface area is 160 Å². The van der Waals surface area contributed by atoms with Gasteiger partial charge in [0.25, 0.3) is 0 Å². The van der Waals surface area contributed by atoms with Crippen molar-refractivity contribution < 1.29 is 14.2 Å². The molecule has 0 radical (unpaired) electrons. The Bertz CT molecular complexity index is 761. The van der Waals surface area contributed by atoms with Crippen LogP contribution in [-0.2, 0) is 6.42 Å². The molecule has 27 heavy (non-hydrogen) atoms. The lowest BCUT2D eigenvalue weighted by atomic mass is 10.1. The van der Waals surface area contributed by atoms with Gasteiger partial charge in [0.05, 0.1) is 6.61 Å². The van der Waals surface area contributed by atoms with Crippen LogP contribution in [0.25, 0.3) is 0 Å². The zero-order chi connectivity index (χ0) is 19.1. The molecule has 4 nitrogen and oxygen atoms in total. The van der Waals surface area contributed by atoms with Gasteiger partial charge in [-0.2, -0.15) is 0 Å². The lowest BCUT2D eigenvalue weighted by Gasteiger charge is -2.19. The van der Waals surface area contributed by atoms with E-state index in [0.717, 1.165) is 43.2 Å². The number of fused-ring (bicyclic) bond motifs is 1. The Hall–Kier alpha value is -2.37. The Morgan fingerprint density at radius 2 is 2.00 bits per heavy atom. The van der Waals surface area contributed by atoms with Crippen LogP contribution in [0.1, 0.15) is 12.5 Å². The molecule has 0 spiro atoms. The van der Waals surface area contributed by atoms with E-state index in [2.05, 4.69) is 34.9 Å². The fourth-order valence-electron chi connectivity index (χ4n) is 3.31. The number of halogens is 1. The van der Waals surface area contributed by atoms with Gasteiger partial charge in [0.15, 0.2) is 0 Å². The Morgan fingerprint density at radius 3 is 2.74 bits per heavy atom. The quantitative estimate of drug-likeness (QED) is 0.682. The van der Waals surface area contributed by atoms with Gasteiger partial charge < -0.3 is 14.7 Å². The first-order valence-corrected chi connectivity index (χ1v) is 9.48. The third-order valence-corrected chi connectivity index (χ3v) is 4.82. The summed E-state index contributed by atoms with van der Waals surface area (Å²) in [6.07, 6.45) is 5.03. The molecule has 0 atom stereocenters. The lowest BCUT2D eigenvalue weighted by molar-refractivity contribution is 0.214. The maximum absolute atomic E-state index is 13.1. The van der Waals surface area contributed by atoms with Crippen molar-refractivity contribution in [2.24, 2.45) is 0 Å². The number of rotatable bonds is 9. The molecule has 1 aliphatic rings. The topological polar surface area (TPSA) is 35.9 Å². The highest BCUT2D eigenvalue weighted by Crippen LogP contribution is 2.36. The third kappa shape index (κ3) is 5.08. The van der Waals surface area contributed by atoms with Gasteiger partial charge in [-0.05, 0) is 61.0 Å². The molecule has 1 aliphatic heterocycles. The molecule has 1 N–H and O–H groups in total. The fraction of sp³-hybridized carbons (Fsp3) is 0.364. The molecule has 2 aromatic rings. The molecule has 0 saturated heterocycles. The molecular formula is C22H27FN2O2. The summed E-state index contributed by atoms with van der Waals surface area (Å²) in [4.78, 5) is 4.37. The Balaban J connectivity index is 1.55. The fourth-order valence-corrected chi connectivity index (χ4v) is 3.31. The maximum Gasteiger partial charge on any atom is 0.123 e. The van der Waals surface area contributed by atoms with Crippen LogP contribution in [0.5, 0.6) is 5.75 Å². The average Bonchev–Trinajstić information content (AvgIpc) is 3.10. The van der Waals surface area contributed by atoms with E-state index in [1.54, 1.807) is 0 Å². The number of hydrogen-bond acceptors (Lipinski definition) is 4. The molecule has 0 bridgehead atoms. The minimum Gasteiger partial charge on any atom is -0.490 e. The van der Waals surface area contributed by atoms with Gasteiger partial charge in [0, 0.05) is 31.0 Å². The van der Waals surface area contributed by atoms with Crippen LogP contribution in [0.15, 0.2) is 54.6 Å². The minimum absolute atomic E-state index is 0.183. The molecule has 0 amide bonds. The summed E-state index contributed by atoms with van der Waals surface area (Å²) < 4.78 is 19.0. The number of ether oxygens (including phenoxy) is 1. The predicted molar refractivity (Wildman–Crippen MR) is 107 cm³/mol. The van der Waals surface area contributed by atoms with E-state index >= 15 is 0 Å². The van der Waals surface area contributed by atoms with Gasteiger partial charge >= 0.3 is 0 Å². The van der Waals surface area contributed by atoms with E-state index < -0.39 is 0 Å². The van der Waals surface area contributed by atoms with E-state index in [4.69, 9.17) is 9.84 Å². The summed E-state index contributed by atoms with van der Waals surface area (Å²) in [5.74, 6) is 0.649. The first kappa shape index (κ1) is 19.4. The molecular weight excluding hydrogens is 343 g/mol. The van der Waals surface area contributed by atoms with Gasteiger partial charge in [-0.15, -0.1) is 0 Å². The standard InChI is InChI=1S/C22H27FN2O2/c1-2-24(14-15-26)12-3-4-16-27-21-9-10-22-18(17-21)11-13-25(22)20-7-5-19(23)6-8-20/h3-10,17,26H,2,11-16H2,1H3. The molecule has 0 unspecified atom stereocenters. The molecule has 5 heteroatoms. The highest BCUT2D eigenvalue weighted by Gasteiger charge is 2.20. The SMILES string of the molecule is CCN(CC=CCOc1ccc2c(c1)CCN2c1ccc(F)cc1)CCO. The van der Waals surface area contributed by atoms with Crippen LogP contribution >= 0.6 is 0 Å². The number of anilines is 2. The number of nitrogens with zero attached hydrogens (tertiary/aromatic N) is 2. The predicted octanol–water partition coefficient (Wildman–Crippen LogP) is 3.77. The monoisotopic (exact) mass is 370 g/mol. The maximum atomic E-state index is 13.1. The van der Waals surface area contributed by atoms with E-state index in [0.29, 0.717) is 13.2 Å². The summed E-state index contributed by atoms with van der Waals surface area (Å²) in [6.45, 7) is 6.11. The highest BCUT2D eigenvalue weighted by atomic mass is 19.1. The van der Waals surface area contributed by atoms with Gasteiger partial charge in [0.2, 0.25) is 0 Å². The van der Waals surface area contributed by atoms with Crippen molar-refractivity contribution in [3.63, 3.8) is 0 Å². The lowest BCUT2D eigenvalue weighted by Crippen LogP contribution is -2.26. The van der Waals surface area contributed by atoms with Crippen molar-refractivity contribution in [2.45, 2.75) is 13.3 Å². The van der Waals surface area contributed by atoms with Crippen LogP contribution < -0.4 is 9.64 Å². The van der Waals surface area contributed by atoms with Crippen LogP contribution in [-0.4, -0.2) is 49.4 Å². The number of aliphatic hydroxyl groups excluding tert-OH is 1. The highest BCUT2D eigenvalue weighted by molar-refractivity contribution is 5.70. The molecule has 0 aliphatic carbocycles. The summed E-state index contributed by atoms with van der Waals surface area (Å²) in [6, 6.07) is 12.8. The Morgan fingerprint density at radius 1 is 1.19 bits per heavy atom. The van der Waals surface area contributed by atoms with Crippen molar-refractivity contribution >= 4 is 11.4 Å². The summed E-state index contributed by atoms with van der Waals surface area (Å²) >= 11 is 0. The molecule has 0 aromatic heterocycles. The summed E-state index contributed by atoms with van der Waals surface area (Å²) in [5.41, 5.74) is 3.42. The minimum atomic E-state index is -0.214. The van der Waals surface area contributed by atoms with E-state index in [1.807, 2.05) is 24.3 Å². The van der Waals surface area contributed by atoms with Crippen LogP contribution in [0.2, 0.25) is 0 Å². The van der Waals surface area contributed by atoms with Crippen molar-refractivity contribution in [3.05, 3.63) is 66.0 Å². The third-order valence-electron chi connectivity index (χ3n) is 4.82. The molecule has 2 aromatic carbocycles. The second kappa shape index (κ2) is 9.53. The van der Waals surface area contributed by atoms with E-state index in [9.17, 15) is 4.39 Å². The molecule has 3 rings (SSSR count). The first-order valence-electron chi connectivity index (χ1n) is 9.48. The van der Waals surface area contributed by atoms with Crippen molar-refractivity contribution in [1.29, 1.82) is 0 Å². The van der Waals surface area contributed by atoms with Gasteiger partial charge in [-0.25, -0.2) is 4.39 Å². The van der Waals surface area contributed by atoms with Crippen molar-refractivity contribution in [3.8, 4) is 5.75 Å². The second-order valence-corrected chi connectivity index (χ2v) is 6.57. The zero-order valence-corrected chi connectivity index (χ0v) is 15.8. The largest absolute Gasteiger partial charge is 0.490 e. The number of benzene rings is 2. The number of aliphatic hydroxyl groups is 1. The number of hydrogen-bond donors (Lipinski definition) is 1. The zero-order valence-electron chi connectivity index (χ0n) is 15.8. The van der Waals surface area contributed by atoms with Crippen molar-refractivity contribution in [2.75, 3.05) is 44.3 Å². The van der Waals surface area contributed by atoms with Crippen LogP contribution in [0, 0.1) is 5.82 Å². The first-order chi connectivity index (χ1) is 13.2. The summed E-state index contributed by atoms with van der Waals surface area (Å²) in [7, 11) is 0. The summed E-state index contributed by atoms with van der Waals surface area (Å²) in [5, 5.41) is 8.99.